The summed E-state index contributed by atoms with van der Waals surface area (Å²) in [7, 11) is 0. The van der Waals surface area contributed by atoms with Crippen LogP contribution < -0.4 is 4.74 Å². The minimum absolute atomic E-state index is 0.0844. The topological polar surface area (TPSA) is 108 Å². The first-order valence-electron chi connectivity index (χ1n) is 8.20. The summed E-state index contributed by atoms with van der Waals surface area (Å²) in [6.45, 7) is 1.11. The van der Waals surface area contributed by atoms with Crippen molar-refractivity contribution in [3.63, 3.8) is 0 Å². The number of H-pyrrole nitrogens is 1. The number of hydrogen-bond donors (Lipinski definition) is 2. The highest BCUT2D eigenvalue weighted by molar-refractivity contribution is 5.83. The number of benzene rings is 2. The third-order valence-corrected chi connectivity index (χ3v) is 3.84. The summed E-state index contributed by atoms with van der Waals surface area (Å²) in [5.41, 5.74) is 2.21. The number of nitrogens with zero attached hydrogens (tertiary/aromatic N) is 2. The van der Waals surface area contributed by atoms with Crippen molar-refractivity contribution in [2.45, 2.75) is 6.92 Å². The molecule has 2 N–H and O–H groups in total. The fourth-order valence-corrected chi connectivity index (χ4v) is 2.44. The first-order valence-corrected chi connectivity index (χ1v) is 8.20. The summed E-state index contributed by atoms with van der Waals surface area (Å²) in [5.74, 6) is -0.259. The van der Waals surface area contributed by atoms with Crippen LogP contribution in [0.4, 0.5) is 0 Å². The average molecular weight is 363 g/mol. The molecule has 3 rings (SSSR count). The van der Waals surface area contributed by atoms with E-state index in [1.165, 1.54) is 0 Å². The van der Waals surface area contributed by atoms with E-state index in [0.717, 1.165) is 11.1 Å². The molecule has 0 aliphatic carbocycles. The molecule has 7 nitrogen and oxygen atoms in total. The number of aromatic amines is 1. The lowest BCUT2D eigenvalue weighted by molar-refractivity contribution is -0.145. The molecule has 1 heterocycles. The molecule has 0 radical (unpaired) electrons. The second-order valence-electron chi connectivity index (χ2n) is 5.75. The zero-order valence-corrected chi connectivity index (χ0v) is 14.6. The van der Waals surface area contributed by atoms with E-state index in [-0.39, 0.29) is 23.8 Å². The number of allylic oxidation sites excluding steroid dienone is 1. The third-order valence-electron chi connectivity index (χ3n) is 3.84. The number of carbonyl (C=O) groups excluding carboxylic acids is 1. The fraction of sp³-hybridized carbons (Fsp3) is 0.150. The van der Waals surface area contributed by atoms with Gasteiger partial charge >= 0.3 is 5.97 Å². The van der Waals surface area contributed by atoms with E-state index in [4.69, 9.17) is 9.47 Å². The lowest BCUT2D eigenvalue weighted by Gasteiger charge is -2.09. The largest absolute Gasteiger partial charge is 0.507 e. The van der Waals surface area contributed by atoms with Crippen molar-refractivity contribution in [3.8, 4) is 11.8 Å². The number of imidazole rings is 1. The van der Waals surface area contributed by atoms with Crippen molar-refractivity contribution in [3.05, 3.63) is 65.7 Å². The van der Waals surface area contributed by atoms with Crippen LogP contribution in [0.25, 0.3) is 16.6 Å². The van der Waals surface area contributed by atoms with Crippen LogP contribution in [0.3, 0.4) is 0 Å². The highest BCUT2D eigenvalue weighted by atomic mass is 16.6. The van der Waals surface area contributed by atoms with Crippen molar-refractivity contribution >= 4 is 22.6 Å². The maximum atomic E-state index is 11.8. The van der Waals surface area contributed by atoms with Crippen LogP contribution >= 0.6 is 0 Å². The molecule has 0 saturated carbocycles. The molecule has 0 aliphatic rings. The van der Waals surface area contributed by atoms with Crippen molar-refractivity contribution < 1.29 is 19.4 Å². The molecule has 7 heteroatoms. The SMILES string of the molecule is Cc1ccccc1OCC(=O)OCC(O)=C(C#N)c1nc2ccccc2[nH]1. The Morgan fingerprint density at radius 2 is 1.93 bits per heavy atom. The van der Waals surface area contributed by atoms with Crippen LogP contribution in [0.1, 0.15) is 11.4 Å². The standard InChI is InChI=1S/C20H17N3O4/c1-13-6-2-5-9-18(13)26-12-19(25)27-11-17(24)14(10-21)20-22-15-7-3-4-8-16(15)23-20/h2-9,24H,11-12H2,1H3,(H,22,23). The number of nitrogens with one attached hydrogen (secondary N) is 1. The van der Waals surface area contributed by atoms with Gasteiger partial charge in [0, 0.05) is 0 Å². The molecule has 0 aliphatic heterocycles. The molecule has 0 spiro atoms. The maximum absolute atomic E-state index is 11.8. The zero-order chi connectivity index (χ0) is 19.2. The predicted molar refractivity (Wildman–Crippen MR) is 98.9 cm³/mol. The molecule has 27 heavy (non-hydrogen) atoms. The Bertz CT molecular complexity index is 1010. The number of carbonyl (C=O) groups is 1. The number of aromatic nitrogens is 2. The average Bonchev–Trinajstić information content (AvgIpc) is 3.10. The number of aliphatic hydroxyl groups is 1. The van der Waals surface area contributed by atoms with Crippen LogP contribution in [0.5, 0.6) is 5.75 Å². The lowest BCUT2D eigenvalue weighted by Crippen LogP contribution is -2.17. The number of nitriles is 1. The molecule has 0 saturated heterocycles. The van der Waals surface area contributed by atoms with Gasteiger partial charge in [0.1, 0.15) is 24.0 Å². The Kier molecular flexibility index (Phi) is 5.38. The highest BCUT2D eigenvalue weighted by Crippen LogP contribution is 2.19. The van der Waals surface area contributed by atoms with Crippen molar-refractivity contribution in [1.82, 2.24) is 9.97 Å². The molecule has 0 atom stereocenters. The number of rotatable bonds is 6. The monoisotopic (exact) mass is 363 g/mol. The smallest absolute Gasteiger partial charge is 0.344 e. The van der Waals surface area contributed by atoms with Gasteiger partial charge in [-0.15, -0.1) is 0 Å². The fourth-order valence-electron chi connectivity index (χ4n) is 2.44. The Hall–Kier alpha value is -3.79. The highest BCUT2D eigenvalue weighted by Gasteiger charge is 2.15. The van der Waals surface area contributed by atoms with E-state index in [2.05, 4.69) is 9.97 Å². The van der Waals surface area contributed by atoms with E-state index >= 15 is 0 Å². The molecular weight excluding hydrogens is 346 g/mol. The van der Waals surface area contributed by atoms with Crippen molar-refractivity contribution in [1.29, 1.82) is 5.26 Å². The zero-order valence-electron chi connectivity index (χ0n) is 14.6. The summed E-state index contributed by atoms with van der Waals surface area (Å²) >= 11 is 0. The summed E-state index contributed by atoms with van der Waals surface area (Å²) in [6, 6.07) is 16.4. The summed E-state index contributed by atoms with van der Waals surface area (Å²) in [5, 5.41) is 19.5. The van der Waals surface area contributed by atoms with Gasteiger partial charge in [-0.25, -0.2) is 9.78 Å². The number of aliphatic hydroxyl groups excluding tert-OH is 1. The van der Waals surface area contributed by atoms with Crippen LogP contribution in [0.15, 0.2) is 54.3 Å². The van der Waals surface area contributed by atoms with E-state index in [9.17, 15) is 15.2 Å². The summed E-state index contributed by atoms with van der Waals surface area (Å²) in [4.78, 5) is 19.0. The Balaban J connectivity index is 1.63. The van der Waals surface area contributed by atoms with Gasteiger partial charge in [0.15, 0.2) is 18.2 Å². The molecule has 0 fully saturated rings. The van der Waals surface area contributed by atoms with Gasteiger partial charge in [-0.3, -0.25) is 0 Å². The number of ether oxygens (including phenoxy) is 2. The van der Waals surface area contributed by atoms with Crippen LogP contribution in [0.2, 0.25) is 0 Å². The second kappa shape index (κ2) is 8.06. The van der Waals surface area contributed by atoms with Gasteiger partial charge in [-0.05, 0) is 30.7 Å². The summed E-state index contributed by atoms with van der Waals surface area (Å²) < 4.78 is 10.4. The molecule has 2 aromatic carbocycles. The van der Waals surface area contributed by atoms with Gasteiger partial charge in [-0.1, -0.05) is 30.3 Å². The maximum Gasteiger partial charge on any atom is 0.344 e. The van der Waals surface area contributed by atoms with E-state index in [0.29, 0.717) is 11.3 Å². The summed E-state index contributed by atoms with van der Waals surface area (Å²) in [6.07, 6.45) is 0. The van der Waals surface area contributed by atoms with Crippen LogP contribution in [-0.4, -0.2) is 34.3 Å². The minimum atomic E-state index is -0.660. The van der Waals surface area contributed by atoms with Gasteiger partial charge < -0.3 is 19.6 Å². The second-order valence-corrected chi connectivity index (χ2v) is 5.75. The van der Waals surface area contributed by atoms with Gasteiger partial charge in [0.05, 0.1) is 11.0 Å². The molecule has 0 amide bonds. The van der Waals surface area contributed by atoms with Gasteiger partial charge in [0.25, 0.3) is 0 Å². The van der Waals surface area contributed by atoms with Gasteiger partial charge in [-0.2, -0.15) is 5.26 Å². The molecule has 136 valence electrons. The number of para-hydroxylation sites is 3. The van der Waals surface area contributed by atoms with Crippen molar-refractivity contribution in [2.24, 2.45) is 0 Å². The van der Waals surface area contributed by atoms with E-state index in [1.54, 1.807) is 24.3 Å². The van der Waals surface area contributed by atoms with Crippen molar-refractivity contribution in [2.75, 3.05) is 13.2 Å². The first kappa shape index (κ1) is 18.0. The quantitative estimate of drug-likeness (QED) is 0.395. The predicted octanol–water partition coefficient (Wildman–Crippen LogP) is 3.29. The Morgan fingerprint density at radius 3 is 2.67 bits per heavy atom. The lowest BCUT2D eigenvalue weighted by atomic mass is 10.2. The first-order chi connectivity index (χ1) is 13.1. The van der Waals surface area contributed by atoms with E-state index < -0.39 is 12.6 Å². The minimum Gasteiger partial charge on any atom is -0.507 e. The number of esters is 1. The normalized spacial score (nSPS) is 11.6. The molecule has 3 aromatic rings. The Morgan fingerprint density at radius 1 is 1.19 bits per heavy atom. The van der Waals surface area contributed by atoms with Gasteiger partial charge in [0.2, 0.25) is 0 Å². The molecule has 1 aromatic heterocycles. The van der Waals surface area contributed by atoms with Crippen LogP contribution in [0, 0.1) is 18.3 Å². The number of hydrogen-bond acceptors (Lipinski definition) is 6. The molecular formula is C20H17N3O4. The van der Waals surface area contributed by atoms with Crippen LogP contribution in [-0.2, 0) is 9.53 Å². The molecule has 0 bridgehead atoms. The Labute approximate surface area is 155 Å². The third kappa shape index (κ3) is 4.25. The molecule has 0 unspecified atom stereocenters. The number of aryl methyl sites for hydroxylation is 1. The number of fused-ring (bicyclic) bond motifs is 1. The van der Waals surface area contributed by atoms with E-state index in [1.807, 2.05) is 37.3 Å².